The number of rotatable bonds is 4. The van der Waals surface area contributed by atoms with E-state index in [1.54, 1.807) is 23.6 Å². The molecule has 116 valence electrons. The van der Waals surface area contributed by atoms with Gasteiger partial charge in [0.05, 0.1) is 11.9 Å². The number of hydrogen-bond acceptors (Lipinski definition) is 4. The third kappa shape index (κ3) is 3.73. The molecule has 0 unspecified atom stereocenters. The fourth-order valence-corrected chi connectivity index (χ4v) is 2.80. The number of nitrogens with one attached hydrogen (secondary N) is 2. The molecule has 2 heterocycles. The fourth-order valence-electron chi connectivity index (χ4n) is 2.05. The molecule has 0 bridgehead atoms. The van der Waals surface area contributed by atoms with E-state index in [4.69, 9.17) is 0 Å². The number of thiophene rings is 1. The van der Waals surface area contributed by atoms with Crippen LogP contribution in [0.1, 0.15) is 25.8 Å². The van der Waals surface area contributed by atoms with E-state index in [0.29, 0.717) is 5.69 Å². The summed E-state index contributed by atoms with van der Waals surface area (Å²) in [4.78, 5) is 14.2. The van der Waals surface area contributed by atoms with Gasteiger partial charge in [-0.05, 0) is 32.0 Å². The standard InChI is InChI=1S/C17H16N4OS/c1-11-3-6-13(7-4-11)15-9-16(20-19-15)17(22)21-18-10-14-8-5-12(2)23-14/h3-10H,1-2H3,(H,19,20)(H,21,22)/b18-10-. The zero-order valence-corrected chi connectivity index (χ0v) is 13.6. The number of aryl methyl sites for hydroxylation is 2. The minimum Gasteiger partial charge on any atom is -0.272 e. The van der Waals surface area contributed by atoms with Crippen LogP contribution in [0.2, 0.25) is 0 Å². The monoisotopic (exact) mass is 324 g/mol. The Morgan fingerprint density at radius 2 is 2.00 bits per heavy atom. The minimum atomic E-state index is -0.319. The summed E-state index contributed by atoms with van der Waals surface area (Å²) in [7, 11) is 0. The van der Waals surface area contributed by atoms with Gasteiger partial charge < -0.3 is 0 Å². The second-order valence-corrected chi connectivity index (χ2v) is 6.50. The summed E-state index contributed by atoms with van der Waals surface area (Å²) < 4.78 is 0. The summed E-state index contributed by atoms with van der Waals surface area (Å²) in [6, 6.07) is 13.7. The molecule has 0 spiro atoms. The molecule has 3 rings (SSSR count). The summed E-state index contributed by atoms with van der Waals surface area (Å²) in [5.74, 6) is -0.319. The van der Waals surface area contributed by atoms with Crippen LogP contribution < -0.4 is 5.43 Å². The second kappa shape index (κ2) is 6.58. The highest BCUT2D eigenvalue weighted by atomic mass is 32.1. The molecule has 1 amide bonds. The van der Waals surface area contributed by atoms with Gasteiger partial charge in [0.15, 0.2) is 0 Å². The molecule has 5 nitrogen and oxygen atoms in total. The molecule has 0 saturated carbocycles. The summed E-state index contributed by atoms with van der Waals surface area (Å²) in [6.07, 6.45) is 1.63. The molecule has 2 N–H and O–H groups in total. The zero-order valence-electron chi connectivity index (χ0n) is 12.8. The van der Waals surface area contributed by atoms with Gasteiger partial charge in [-0.1, -0.05) is 29.8 Å². The average Bonchev–Trinajstić information content (AvgIpc) is 3.17. The normalized spacial score (nSPS) is 11.0. The predicted molar refractivity (Wildman–Crippen MR) is 92.9 cm³/mol. The van der Waals surface area contributed by atoms with Crippen LogP contribution in [-0.2, 0) is 0 Å². The number of amides is 1. The molecular formula is C17H16N4OS. The van der Waals surface area contributed by atoms with Gasteiger partial charge in [-0.3, -0.25) is 9.89 Å². The van der Waals surface area contributed by atoms with E-state index in [9.17, 15) is 4.79 Å². The van der Waals surface area contributed by atoms with E-state index in [0.717, 1.165) is 16.1 Å². The van der Waals surface area contributed by atoms with Crippen molar-refractivity contribution in [2.75, 3.05) is 0 Å². The van der Waals surface area contributed by atoms with Crippen LogP contribution >= 0.6 is 11.3 Å². The van der Waals surface area contributed by atoms with Crippen molar-refractivity contribution in [2.24, 2.45) is 5.10 Å². The van der Waals surface area contributed by atoms with Crippen molar-refractivity contribution < 1.29 is 4.79 Å². The van der Waals surface area contributed by atoms with Gasteiger partial charge in [-0.2, -0.15) is 10.2 Å². The van der Waals surface area contributed by atoms with Crippen LogP contribution in [0.15, 0.2) is 47.6 Å². The Bertz CT molecular complexity index is 846. The van der Waals surface area contributed by atoms with Crippen molar-refractivity contribution in [2.45, 2.75) is 13.8 Å². The highest BCUT2D eigenvalue weighted by molar-refractivity contribution is 7.13. The number of aromatic nitrogens is 2. The Morgan fingerprint density at radius 1 is 1.22 bits per heavy atom. The predicted octanol–water partition coefficient (Wildman–Crippen LogP) is 3.52. The number of aromatic amines is 1. The third-order valence-corrected chi connectivity index (χ3v) is 4.22. The SMILES string of the molecule is Cc1ccc(-c2cc(C(=O)N/N=C\c3ccc(C)s3)[nH]n2)cc1. The fraction of sp³-hybridized carbons (Fsp3) is 0.118. The largest absolute Gasteiger partial charge is 0.289 e. The average molecular weight is 324 g/mol. The van der Waals surface area contributed by atoms with Crippen molar-refractivity contribution in [3.05, 3.63) is 63.5 Å². The molecule has 23 heavy (non-hydrogen) atoms. The molecule has 0 aliphatic heterocycles. The molecule has 0 saturated heterocycles. The Labute approximate surface area is 138 Å². The van der Waals surface area contributed by atoms with Crippen LogP contribution in [0.4, 0.5) is 0 Å². The molecule has 1 aromatic carbocycles. The molecule has 0 aliphatic rings. The molecule has 0 aliphatic carbocycles. The van der Waals surface area contributed by atoms with Crippen molar-refractivity contribution in [3.63, 3.8) is 0 Å². The van der Waals surface area contributed by atoms with Gasteiger partial charge in [0.1, 0.15) is 5.69 Å². The Kier molecular flexibility index (Phi) is 4.34. The maximum absolute atomic E-state index is 12.0. The van der Waals surface area contributed by atoms with Crippen molar-refractivity contribution in [3.8, 4) is 11.3 Å². The van der Waals surface area contributed by atoms with Gasteiger partial charge in [0, 0.05) is 15.3 Å². The van der Waals surface area contributed by atoms with Gasteiger partial charge in [0.25, 0.3) is 5.91 Å². The number of carbonyl (C=O) groups excluding carboxylic acids is 1. The molecule has 0 atom stereocenters. The van der Waals surface area contributed by atoms with E-state index in [1.807, 2.05) is 50.2 Å². The lowest BCUT2D eigenvalue weighted by Gasteiger charge is -1.96. The van der Waals surface area contributed by atoms with Crippen LogP contribution in [0.25, 0.3) is 11.3 Å². The lowest BCUT2D eigenvalue weighted by molar-refractivity contribution is 0.0950. The summed E-state index contributed by atoms with van der Waals surface area (Å²) in [6.45, 7) is 4.05. The quantitative estimate of drug-likeness (QED) is 0.569. The van der Waals surface area contributed by atoms with E-state index < -0.39 is 0 Å². The summed E-state index contributed by atoms with van der Waals surface area (Å²) in [5.41, 5.74) is 5.74. The van der Waals surface area contributed by atoms with Gasteiger partial charge >= 0.3 is 0 Å². The van der Waals surface area contributed by atoms with Crippen molar-refractivity contribution >= 4 is 23.5 Å². The maximum atomic E-state index is 12.0. The number of carbonyl (C=O) groups is 1. The Hall–Kier alpha value is -2.73. The number of nitrogens with zero attached hydrogens (tertiary/aromatic N) is 2. The zero-order chi connectivity index (χ0) is 16.2. The number of H-pyrrole nitrogens is 1. The molecular weight excluding hydrogens is 308 g/mol. The molecule has 3 aromatic rings. The number of benzene rings is 1. The van der Waals surface area contributed by atoms with Crippen molar-refractivity contribution in [1.29, 1.82) is 0 Å². The Balaban J connectivity index is 1.66. The first kappa shape index (κ1) is 15.2. The first-order chi connectivity index (χ1) is 11.1. The Morgan fingerprint density at radius 3 is 2.70 bits per heavy atom. The van der Waals surface area contributed by atoms with E-state index in [-0.39, 0.29) is 5.91 Å². The van der Waals surface area contributed by atoms with Crippen LogP contribution in [0.5, 0.6) is 0 Å². The summed E-state index contributed by atoms with van der Waals surface area (Å²) in [5, 5.41) is 10.9. The molecule has 6 heteroatoms. The first-order valence-corrected chi connectivity index (χ1v) is 7.96. The second-order valence-electron chi connectivity index (χ2n) is 5.18. The lowest BCUT2D eigenvalue weighted by atomic mass is 10.1. The molecule has 0 fully saturated rings. The highest BCUT2D eigenvalue weighted by Gasteiger charge is 2.10. The van der Waals surface area contributed by atoms with E-state index >= 15 is 0 Å². The summed E-state index contributed by atoms with van der Waals surface area (Å²) >= 11 is 1.62. The maximum Gasteiger partial charge on any atom is 0.289 e. The minimum absolute atomic E-state index is 0.319. The van der Waals surface area contributed by atoms with Crippen LogP contribution in [-0.4, -0.2) is 22.3 Å². The molecule has 0 radical (unpaired) electrons. The van der Waals surface area contributed by atoms with Crippen molar-refractivity contribution in [1.82, 2.24) is 15.6 Å². The van der Waals surface area contributed by atoms with Gasteiger partial charge in [-0.15, -0.1) is 11.3 Å². The van der Waals surface area contributed by atoms with Crippen LogP contribution in [0.3, 0.4) is 0 Å². The number of hydrogen-bond donors (Lipinski definition) is 2. The smallest absolute Gasteiger partial charge is 0.272 e. The van der Waals surface area contributed by atoms with Gasteiger partial charge in [-0.25, -0.2) is 5.43 Å². The van der Waals surface area contributed by atoms with Gasteiger partial charge in [0.2, 0.25) is 0 Å². The number of hydrazone groups is 1. The van der Waals surface area contributed by atoms with Crippen LogP contribution in [0, 0.1) is 13.8 Å². The van der Waals surface area contributed by atoms with E-state index in [1.165, 1.54) is 10.4 Å². The highest BCUT2D eigenvalue weighted by Crippen LogP contribution is 2.18. The third-order valence-electron chi connectivity index (χ3n) is 3.29. The van der Waals surface area contributed by atoms with E-state index in [2.05, 4.69) is 20.7 Å². The topological polar surface area (TPSA) is 70.1 Å². The lowest BCUT2D eigenvalue weighted by Crippen LogP contribution is -2.17. The molecule has 2 aromatic heterocycles. The first-order valence-electron chi connectivity index (χ1n) is 7.14.